The van der Waals surface area contributed by atoms with E-state index in [1.807, 2.05) is 12.5 Å². The summed E-state index contributed by atoms with van der Waals surface area (Å²) in [5, 5.41) is 0. The minimum atomic E-state index is 0.0398. The Balaban J connectivity index is 2.19. The number of imidazole rings is 1. The summed E-state index contributed by atoms with van der Waals surface area (Å²) in [5.41, 5.74) is 9.86. The van der Waals surface area contributed by atoms with Gasteiger partial charge in [-0.3, -0.25) is 0 Å². The molecule has 0 radical (unpaired) electrons. The molecular weight excluding hydrogens is 222 g/mol. The van der Waals surface area contributed by atoms with Crippen LogP contribution >= 0.6 is 0 Å². The maximum absolute atomic E-state index is 6.20. The van der Waals surface area contributed by atoms with Gasteiger partial charge in [-0.15, -0.1) is 0 Å². The molecule has 2 aromatic rings. The number of benzene rings is 1. The number of aromatic nitrogens is 2. The first-order valence-electron chi connectivity index (χ1n) is 6.39. The first-order valence-corrected chi connectivity index (χ1v) is 6.39. The van der Waals surface area contributed by atoms with Gasteiger partial charge in [0.1, 0.15) is 0 Å². The van der Waals surface area contributed by atoms with Crippen LogP contribution in [0.4, 0.5) is 0 Å². The van der Waals surface area contributed by atoms with Crippen molar-refractivity contribution >= 4 is 0 Å². The highest BCUT2D eigenvalue weighted by Gasteiger charge is 2.15. The Morgan fingerprint density at radius 1 is 1.22 bits per heavy atom. The van der Waals surface area contributed by atoms with Crippen molar-refractivity contribution in [3.8, 4) is 0 Å². The van der Waals surface area contributed by atoms with E-state index in [2.05, 4.69) is 54.6 Å². The lowest BCUT2D eigenvalue weighted by Crippen LogP contribution is -2.20. The van der Waals surface area contributed by atoms with Gasteiger partial charge in [0.25, 0.3) is 0 Å². The monoisotopic (exact) mass is 243 g/mol. The molecule has 2 N–H and O–H groups in total. The van der Waals surface area contributed by atoms with Crippen LogP contribution in [0.25, 0.3) is 0 Å². The molecule has 0 bridgehead atoms. The van der Waals surface area contributed by atoms with E-state index in [1.54, 1.807) is 0 Å². The fourth-order valence-corrected chi connectivity index (χ4v) is 1.97. The van der Waals surface area contributed by atoms with Crippen LogP contribution in [0.5, 0.6) is 0 Å². The molecule has 3 nitrogen and oxygen atoms in total. The van der Waals surface area contributed by atoms with Crippen LogP contribution in [0.1, 0.15) is 36.7 Å². The van der Waals surface area contributed by atoms with E-state index in [1.165, 1.54) is 11.1 Å². The number of nitrogens with two attached hydrogens (primary N) is 1. The van der Waals surface area contributed by atoms with Gasteiger partial charge in [-0.05, 0) is 18.4 Å². The molecule has 2 rings (SSSR count). The topological polar surface area (TPSA) is 43.8 Å². The van der Waals surface area contributed by atoms with Gasteiger partial charge in [0, 0.05) is 18.8 Å². The first-order chi connectivity index (χ1) is 8.58. The van der Waals surface area contributed by atoms with Crippen LogP contribution in [-0.2, 0) is 6.54 Å². The zero-order chi connectivity index (χ0) is 13.1. The van der Waals surface area contributed by atoms with Gasteiger partial charge in [-0.25, -0.2) is 4.98 Å². The second-order valence-corrected chi connectivity index (χ2v) is 5.20. The van der Waals surface area contributed by atoms with Gasteiger partial charge in [0.2, 0.25) is 0 Å². The number of rotatable bonds is 4. The second-order valence-electron chi connectivity index (χ2n) is 5.20. The average Bonchev–Trinajstić information content (AvgIpc) is 2.79. The van der Waals surface area contributed by atoms with E-state index in [0.717, 1.165) is 12.2 Å². The van der Waals surface area contributed by atoms with Crippen molar-refractivity contribution in [3.05, 3.63) is 53.6 Å². The van der Waals surface area contributed by atoms with Crippen molar-refractivity contribution in [1.29, 1.82) is 0 Å². The molecule has 0 fully saturated rings. The summed E-state index contributed by atoms with van der Waals surface area (Å²) >= 11 is 0. The number of aryl methyl sites for hydroxylation is 1. The molecule has 0 saturated heterocycles. The van der Waals surface area contributed by atoms with Gasteiger partial charge >= 0.3 is 0 Å². The summed E-state index contributed by atoms with van der Waals surface area (Å²) in [4.78, 5) is 4.22. The average molecular weight is 243 g/mol. The molecule has 1 aromatic carbocycles. The second kappa shape index (κ2) is 5.36. The van der Waals surface area contributed by atoms with Crippen molar-refractivity contribution in [2.75, 3.05) is 0 Å². The summed E-state index contributed by atoms with van der Waals surface area (Å²) in [6, 6.07) is 8.61. The number of nitrogens with zero attached hydrogens (tertiary/aromatic N) is 2. The predicted octanol–water partition coefficient (Wildman–Crippen LogP) is 2.90. The molecule has 0 aliphatic heterocycles. The van der Waals surface area contributed by atoms with Gasteiger partial charge in [-0.1, -0.05) is 43.7 Å². The summed E-state index contributed by atoms with van der Waals surface area (Å²) in [6.45, 7) is 7.19. The Hall–Kier alpha value is -1.61. The van der Waals surface area contributed by atoms with Crippen LogP contribution in [0, 0.1) is 12.8 Å². The molecule has 1 heterocycles. The molecule has 0 spiro atoms. The van der Waals surface area contributed by atoms with E-state index in [0.29, 0.717) is 5.92 Å². The Bertz CT molecular complexity index is 497. The van der Waals surface area contributed by atoms with Crippen molar-refractivity contribution < 1.29 is 0 Å². The molecule has 0 saturated carbocycles. The fourth-order valence-electron chi connectivity index (χ4n) is 1.97. The lowest BCUT2D eigenvalue weighted by Gasteiger charge is -2.18. The van der Waals surface area contributed by atoms with Crippen LogP contribution in [0.3, 0.4) is 0 Å². The van der Waals surface area contributed by atoms with Crippen LogP contribution in [0.15, 0.2) is 36.8 Å². The van der Waals surface area contributed by atoms with Crippen molar-refractivity contribution in [3.63, 3.8) is 0 Å². The maximum atomic E-state index is 6.20. The molecule has 0 aliphatic rings. The highest BCUT2D eigenvalue weighted by Crippen LogP contribution is 2.19. The first kappa shape index (κ1) is 12.8. The van der Waals surface area contributed by atoms with Gasteiger partial charge in [-0.2, -0.15) is 0 Å². The Morgan fingerprint density at radius 3 is 2.50 bits per heavy atom. The van der Waals surface area contributed by atoms with Gasteiger partial charge < -0.3 is 10.3 Å². The Morgan fingerprint density at radius 2 is 1.89 bits per heavy atom. The van der Waals surface area contributed by atoms with Crippen LogP contribution < -0.4 is 5.73 Å². The van der Waals surface area contributed by atoms with Crippen molar-refractivity contribution in [2.45, 2.75) is 33.4 Å². The maximum Gasteiger partial charge on any atom is 0.0951 e. The zero-order valence-corrected chi connectivity index (χ0v) is 11.3. The smallest absolute Gasteiger partial charge is 0.0951 e. The third kappa shape index (κ3) is 2.79. The van der Waals surface area contributed by atoms with Crippen LogP contribution in [0.2, 0.25) is 0 Å². The van der Waals surface area contributed by atoms with E-state index in [-0.39, 0.29) is 6.04 Å². The normalized spacial score (nSPS) is 12.9. The Kier molecular flexibility index (Phi) is 3.82. The molecular formula is C15H21N3. The zero-order valence-electron chi connectivity index (χ0n) is 11.3. The summed E-state index contributed by atoms with van der Waals surface area (Å²) in [7, 11) is 0. The molecule has 1 aromatic heterocycles. The molecule has 96 valence electrons. The quantitative estimate of drug-likeness (QED) is 0.897. The van der Waals surface area contributed by atoms with E-state index >= 15 is 0 Å². The van der Waals surface area contributed by atoms with E-state index < -0.39 is 0 Å². The molecule has 0 amide bonds. The van der Waals surface area contributed by atoms with E-state index in [9.17, 15) is 0 Å². The fraction of sp³-hybridized carbons (Fsp3) is 0.400. The summed E-state index contributed by atoms with van der Waals surface area (Å²) < 4.78 is 2.13. The molecule has 1 atom stereocenters. The SMILES string of the molecule is Cc1ccc(Cn2cncc2C(N)C(C)C)cc1. The number of hydrogen-bond donors (Lipinski definition) is 1. The summed E-state index contributed by atoms with van der Waals surface area (Å²) in [5.74, 6) is 0.415. The molecule has 3 heteroatoms. The lowest BCUT2D eigenvalue weighted by atomic mass is 10.0. The third-order valence-corrected chi connectivity index (χ3v) is 3.28. The van der Waals surface area contributed by atoms with Crippen molar-refractivity contribution in [1.82, 2.24) is 9.55 Å². The molecule has 0 aliphatic carbocycles. The minimum Gasteiger partial charge on any atom is -0.329 e. The summed E-state index contributed by atoms with van der Waals surface area (Å²) in [6.07, 6.45) is 3.73. The predicted molar refractivity (Wildman–Crippen MR) is 74.3 cm³/mol. The highest BCUT2D eigenvalue weighted by atomic mass is 15.1. The number of hydrogen-bond acceptors (Lipinski definition) is 2. The highest BCUT2D eigenvalue weighted by molar-refractivity contribution is 5.22. The van der Waals surface area contributed by atoms with Gasteiger partial charge in [0.15, 0.2) is 0 Å². The van der Waals surface area contributed by atoms with Gasteiger partial charge in [0.05, 0.1) is 12.0 Å². The van der Waals surface area contributed by atoms with Crippen LogP contribution in [-0.4, -0.2) is 9.55 Å². The minimum absolute atomic E-state index is 0.0398. The lowest BCUT2D eigenvalue weighted by molar-refractivity contribution is 0.484. The van der Waals surface area contributed by atoms with Crippen molar-refractivity contribution in [2.24, 2.45) is 11.7 Å². The third-order valence-electron chi connectivity index (χ3n) is 3.28. The largest absolute Gasteiger partial charge is 0.329 e. The van der Waals surface area contributed by atoms with E-state index in [4.69, 9.17) is 5.73 Å². The Labute approximate surface area is 109 Å². The standard InChI is InChI=1S/C15H21N3/c1-11(2)15(16)14-8-17-10-18(14)9-13-6-4-12(3)5-7-13/h4-8,10-11,15H,9,16H2,1-3H3. The molecule has 18 heavy (non-hydrogen) atoms. The molecule has 1 unspecified atom stereocenters.